The van der Waals surface area contributed by atoms with Gasteiger partial charge in [-0.25, -0.2) is 4.79 Å². The van der Waals surface area contributed by atoms with E-state index < -0.39 is 48.7 Å². The summed E-state index contributed by atoms with van der Waals surface area (Å²) in [7, 11) is 1.79. The monoisotopic (exact) mass is 557 g/mol. The maximum atomic E-state index is 13.7. The Morgan fingerprint density at radius 2 is 1.95 bits per heavy atom. The summed E-state index contributed by atoms with van der Waals surface area (Å²) >= 11 is 5.97. The van der Waals surface area contributed by atoms with Crippen LogP contribution in [0.25, 0.3) is 17.2 Å². The van der Waals surface area contributed by atoms with Crippen molar-refractivity contribution in [2.45, 2.75) is 31.2 Å². The molecule has 1 fully saturated rings. The minimum atomic E-state index is -4.73. The Kier molecular flexibility index (Phi) is 6.50. The molecule has 0 bridgehead atoms. The van der Waals surface area contributed by atoms with E-state index in [0.29, 0.717) is 31.5 Å². The van der Waals surface area contributed by atoms with E-state index in [9.17, 15) is 27.6 Å². The molecule has 2 aromatic carbocycles. The number of aromatic nitrogens is 2. The highest BCUT2D eigenvalue weighted by atomic mass is 35.5. The number of halogens is 4. The van der Waals surface area contributed by atoms with E-state index in [4.69, 9.17) is 11.6 Å². The van der Waals surface area contributed by atoms with Crippen LogP contribution in [-0.4, -0.2) is 56.2 Å². The fourth-order valence-electron chi connectivity index (χ4n) is 4.82. The molecule has 0 saturated carbocycles. The molecular weight excluding hydrogens is 535 g/mol. The fourth-order valence-corrected chi connectivity index (χ4v) is 5.04. The van der Waals surface area contributed by atoms with E-state index in [0.717, 1.165) is 18.1 Å². The van der Waals surface area contributed by atoms with Gasteiger partial charge >= 0.3 is 12.2 Å². The number of carbonyl (C=O) groups excluding carboxylic acids is 3. The number of nitrogens with one attached hydrogen (secondary N) is 1. The first-order valence-corrected chi connectivity index (χ1v) is 12.3. The van der Waals surface area contributed by atoms with Crippen molar-refractivity contribution in [3.63, 3.8) is 0 Å². The largest absolute Gasteiger partial charge is 0.408 e. The molecule has 8 nitrogen and oxygen atoms in total. The molecule has 2 heterocycles. The molecule has 1 saturated heterocycles. The van der Waals surface area contributed by atoms with Crippen molar-refractivity contribution in [1.29, 1.82) is 0 Å². The van der Waals surface area contributed by atoms with Gasteiger partial charge in [0.25, 0.3) is 5.91 Å². The third-order valence-corrected chi connectivity index (χ3v) is 7.19. The third kappa shape index (κ3) is 4.78. The summed E-state index contributed by atoms with van der Waals surface area (Å²) in [6, 6.07) is 8.41. The van der Waals surface area contributed by atoms with Crippen molar-refractivity contribution in [1.82, 2.24) is 24.9 Å². The van der Waals surface area contributed by atoms with Gasteiger partial charge in [0.2, 0.25) is 5.91 Å². The number of amides is 4. The molecule has 0 unspecified atom stereocenters. The molecule has 1 spiro atoms. The minimum Gasteiger partial charge on any atom is -0.325 e. The highest BCUT2D eigenvalue weighted by molar-refractivity contribution is 6.30. The average Bonchev–Trinajstić information content (AvgIpc) is 3.54. The zero-order valence-corrected chi connectivity index (χ0v) is 21.6. The molecule has 1 N–H and O–H groups in total. The van der Waals surface area contributed by atoms with Crippen LogP contribution >= 0.6 is 11.6 Å². The second-order valence-corrected chi connectivity index (χ2v) is 9.97. The van der Waals surface area contributed by atoms with Gasteiger partial charge in [0.05, 0.1) is 6.20 Å². The van der Waals surface area contributed by atoms with Crippen molar-refractivity contribution in [3.05, 3.63) is 82.6 Å². The molecule has 5 rings (SSSR count). The first-order chi connectivity index (χ1) is 18.4. The molecule has 1 aliphatic carbocycles. The van der Waals surface area contributed by atoms with E-state index in [1.807, 2.05) is 12.3 Å². The van der Waals surface area contributed by atoms with Crippen LogP contribution in [0.15, 0.2) is 60.9 Å². The number of carbonyl (C=O) groups is 3. The van der Waals surface area contributed by atoms with Gasteiger partial charge < -0.3 is 10.2 Å². The third-order valence-electron chi connectivity index (χ3n) is 6.96. The topological polar surface area (TPSA) is 87.5 Å². The van der Waals surface area contributed by atoms with E-state index in [2.05, 4.69) is 10.4 Å². The maximum absolute atomic E-state index is 13.7. The van der Waals surface area contributed by atoms with Crippen LogP contribution in [0.3, 0.4) is 0 Å². The second-order valence-electron chi connectivity index (χ2n) is 9.54. The quantitative estimate of drug-likeness (QED) is 0.452. The lowest BCUT2D eigenvalue weighted by molar-refractivity contribution is -0.187. The van der Waals surface area contributed by atoms with Gasteiger partial charge in [-0.2, -0.15) is 18.3 Å². The number of urea groups is 1. The van der Waals surface area contributed by atoms with Crippen molar-refractivity contribution >= 4 is 35.5 Å². The second kappa shape index (κ2) is 9.57. The molecule has 4 amide bonds. The number of aryl methyl sites for hydroxylation is 1. The SMILES string of the molecule is C[C@H](N(Cc1cccc(Cl)c1)C(=O)CN1C(=O)N[C@]2(C=Cc3cc(-c4cnn(C)c4)ccc32)C1=O)C(F)(F)F. The summed E-state index contributed by atoms with van der Waals surface area (Å²) in [5.41, 5.74) is 1.73. The normalized spacial score (nSPS) is 19.0. The van der Waals surface area contributed by atoms with Crippen LogP contribution < -0.4 is 5.32 Å². The molecule has 1 aliphatic heterocycles. The zero-order valence-electron chi connectivity index (χ0n) is 20.9. The number of hydrogen-bond donors (Lipinski definition) is 1. The van der Waals surface area contributed by atoms with Gasteiger partial charge in [-0.15, -0.1) is 0 Å². The molecule has 202 valence electrons. The van der Waals surface area contributed by atoms with Crippen LogP contribution in [0.2, 0.25) is 5.02 Å². The van der Waals surface area contributed by atoms with Crippen LogP contribution in [0, 0.1) is 0 Å². The van der Waals surface area contributed by atoms with Gasteiger partial charge in [0.15, 0.2) is 5.54 Å². The predicted octanol–water partition coefficient (Wildman–Crippen LogP) is 4.49. The number of rotatable bonds is 6. The summed E-state index contributed by atoms with van der Waals surface area (Å²) in [6.45, 7) is -0.412. The minimum absolute atomic E-state index is 0.300. The molecular formula is C27H23ClF3N5O3. The lowest BCUT2D eigenvalue weighted by Gasteiger charge is -2.32. The van der Waals surface area contributed by atoms with Crippen LogP contribution in [0.1, 0.15) is 23.6 Å². The maximum Gasteiger partial charge on any atom is 0.408 e. The first-order valence-electron chi connectivity index (χ1n) is 12.0. The van der Waals surface area contributed by atoms with Crippen LogP contribution in [-0.2, 0) is 28.7 Å². The van der Waals surface area contributed by atoms with Gasteiger partial charge in [0, 0.05) is 30.4 Å². The Labute approximate surface area is 226 Å². The summed E-state index contributed by atoms with van der Waals surface area (Å²) < 4.78 is 42.7. The van der Waals surface area contributed by atoms with E-state index in [1.165, 1.54) is 18.2 Å². The highest BCUT2D eigenvalue weighted by Crippen LogP contribution is 2.40. The number of fused-ring (bicyclic) bond motifs is 2. The molecule has 3 aromatic rings. The van der Waals surface area contributed by atoms with Gasteiger partial charge in [-0.3, -0.25) is 19.2 Å². The Hall–Kier alpha value is -4.12. The number of nitrogens with zero attached hydrogens (tertiary/aromatic N) is 4. The van der Waals surface area contributed by atoms with Gasteiger partial charge in [-0.05, 0) is 53.5 Å². The fraction of sp³-hybridized carbons (Fsp3) is 0.259. The van der Waals surface area contributed by atoms with Crippen LogP contribution in [0.5, 0.6) is 0 Å². The molecule has 39 heavy (non-hydrogen) atoms. The molecule has 1 aromatic heterocycles. The Bertz CT molecular complexity index is 1520. The molecule has 2 aliphatic rings. The zero-order chi connectivity index (χ0) is 28.1. The lowest BCUT2D eigenvalue weighted by atomic mass is 9.90. The first kappa shape index (κ1) is 26.5. The van der Waals surface area contributed by atoms with Crippen molar-refractivity contribution in [2.24, 2.45) is 7.05 Å². The number of imide groups is 1. The Balaban J connectivity index is 1.40. The smallest absolute Gasteiger partial charge is 0.325 e. The van der Waals surface area contributed by atoms with E-state index >= 15 is 0 Å². The Morgan fingerprint density at radius 3 is 2.62 bits per heavy atom. The van der Waals surface area contributed by atoms with Gasteiger partial charge in [0.1, 0.15) is 12.6 Å². The summed E-state index contributed by atoms with van der Waals surface area (Å²) in [4.78, 5) is 40.9. The van der Waals surface area contributed by atoms with Crippen molar-refractivity contribution in [2.75, 3.05) is 6.54 Å². The molecule has 0 radical (unpaired) electrons. The Morgan fingerprint density at radius 1 is 1.18 bits per heavy atom. The van der Waals surface area contributed by atoms with E-state index in [1.54, 1.807) is 48.3 Å². The summed E-state index contributed by atoms with van der Waals surface area (Å²) in [6.07, 6.45) is 2.02. The predicted molar refractivity (Wildman–Crippen MR) is 137 cm³/mol. The molecule has 12 heteroatoms. The van der Waals surface area contributed by atoms with E-state index in [-0.39, 0.29) is 0 Å². The standard InChI is InChI=1S/C27H23ClF3N5O3/c1-16(27(29,30)31)35(13-17-4-3-5-21(28)10-17)23(37)15-36-24(38)26(33-25(36)39)9-8-19-11-18(6-7-22(19)26)20-12-32-34(2)14-20/h3-12,14,16H,13,15H2,1-2H3,(H,33,39)/t16-,26-/m0/s1. The average molecular weight is 558 g/mol. The van der Waals surface area contributed by atoms with Crippen molar-refractivity contribution in [3.8, 4) is 11.1 Å². The number of benzene rings is 2. The lowest BCUT2D eigenvalue weighted by Crippen LogP contribution is -2.51. The molecule has 2 atom stereocenters. The van der Waals surface area contributed by atoms with Crippen molar-refractivity contribution < 1.29 is 27.6 Å². The number of alkyl halides is 3. The van der Waals surface area contributed by atoms with Crippen LogP contribution in [0.4, 0.5) is 18.0 Å². The van der Waals surface area contributed by atoms with Gasteiger partial charge in [-0.1, -0.05) is 41.9 Å². The number of hydrogen-bond acceptors (Lipinski definition) is 4. The summed E-state index contributed by atoms with van der Waals surface area (Å²) in [5.74, 6) is -1.78. The summed E-state index contributed by atoms with van der Waals surface area (Å²) in [5, 5.41) is 7.09. The highest BCUT2D eigenvalue weighted by Gasteiger charge is 2.54.